The largest absolute Gasteiger partial charge is 0.461 e. The van der Waals surface area contributed by atoms with Crippen LogP contribution >= 0.6 is 0 Å². The van der Waals surface area contributed by atoms with Crippen molar-refractivity contribution in [3.05, 3.63) is 41.5 Å². The van der Waals surface area contributed by atoms with E-state index in [0.717, 1.165) is 36.3 Å². The van der Waals surface area contributed by atoms with Gasteiger partial charge in [-0.1, -0.05) is 43.5 Å². The maximum absolute atomic E-state index is 13.2. The molecule has 2 bridgehead atoms. The number of rotatable bonds is 8. The van der Waals surface area contributed by atoms with Gasteiger partial charge >= 0.3 is 5.97 Å². The summed E-state index contributed by atoms with van der Waals surface area (Å²) in [5.41, 5.74) is 3.52. The van der Waals surface area contributed by atoms with Crippen LogP contribution in [0.3, 0.4) is 0 Å². The Labute approximate surface area is 184 Å². The lowest BCUT2D eigenvalue weighted by Gasteiger charge is -2.32. The van der Waals surface area contributed by atoms with Crippen molar-refractivity contribution in [3.63, 3.8) is 0 Å². The number of hydroxylamine groups is 1. The van der Waals surface area contributed by atoms with Gasteiger partial charge in [-0.15, -0.1) is 0 Å². The number of carbonyl (C=O) groups is 2. The highest BCUT2D eigenvalue weighted by Gasteiger charge is 2.43. The molecule has 0 aliphatic heterocycles. The molecule has 31 heavy (non-hydrogen) atoms. The highest BCUT2D eigenvalue weighted by molar-refractivity contribution is 5.90. The summed E-state index contributed by atoms with van der Waals surface area (Å²) in [4.78, 5) is 24.3. The van der Waals surface area contributed by atoms with Crippen LogP contribution in [0.1, 0.15) is 68.9 Å². The molecular formula is C25H34N2O4. The first kappa shape index (κ1) is 22.0. The van der Waals surface area contributed by atoms with Crippen LogP contribution in [0.5, 0.6) is 0 Å². The average Bonchev–Trinajstić information content (AvgIpc) is 3.42. The molecular weight excluding hydrogens is 392 g/mol. The van der Waals surface area contributed by atoms with E-state index in [1.54, 1.807) is 11.6 Å². The molecule has 3 aliphatic rings. The van der Waals surface area contributed by atoms with E-state index in [0.29, 0.717) is 18.4 Å². The van der Waals surface area contributed by atoms with Crippen LogP contribution in [0.25, 0.3) is 6.08 Å². The number of hydrogen-bond donors (Lipinski definition) is 3. The van der Waals surface area contributed by atoms with Crippen LogP contribution in [0.2, 0.25) is 0 Å². The highest BCUT2D eigenvalue weighted by atomic mass is 16.5. The van der Waals surface area contributed by atoms with Crippen LogP contribution < -0.4 is 10.8 Å². The maximum atomic E-state index is 13.2. The summed E-state index contributed by atoms with van der Waals surface area (Å²) in [6, 6.07) is 7.57. The minimum absolute atomic E-state index is 0.0565. The van der Waals surface area contributed by atoms with Gasteiger partial charge in [-0.3, -0.25) is 14.8 Å². The Hall–Kier alpha value is -2.18. The van der Waals surface area contributed by atoms with E-state index < -0.39 is 5.91 Å². The third-order valence-electron chi connectivity index (χ3n) is 7.36. The minimum atomic E-state index is -0.560. The highest BCUT2D eigenvalue weighted by Crippen LogP contribution is 2.46. The maximum Gasteiger partial charge on any atom is 0.323 e. The van der Waals surface area contributed by atoms with E-state index in [4.69, 9.17) is 9.94 Å². The molecule has 4 rings (SSSR count). The monoisotopic (exact) mass is 426 g/mol. The Bertz CT molecular complexity index is 785. The molecule has 6 nitrogen and oxygen atoms in total. The third kappa shape index (κ3) is 5.74. The van der Waals surface area contributed by atoms with E-state index in [9.17, 15) is 9.59 Å². The number of amides is 1. The van der Waals surface area contributed by atoms with Crippen LogP contribution in [-0.4, -0.2) is 29.2 Å². The fraction of sp³-hybridized carbons (Fsp3) is 0.600. The summed E-state index contributed by atoms with van der Waals surface area (Å²) >= 11 is 0. The molecule has 1 aromatic rings. The second-order valence-corrected chi connectivity index (χ2v) is 9.46. The van der Waals surface area contributed by atoms with Crippen molar-refractivity contribution in [1.82, 2.24) is 10.8 Å². The zero-order valence-electron chi connectivity index (χ0n) is 18.1. The van der Waals surface area contributed by atoms with Gasteiger partial charge in [-0.05, 0) is 73.5 Å². The number of nitrogens with one attached hydrogen (secondary N) is 2. The van der Waals surface area contributed by atoms with Gasteiger partial charge in [0.25, 0.3) is 5.91 Å². The van der Waals surface area contributed by atoms with E-state index >= 15 is 0 Å². The van der Waals surface area contributed by atoms with Crippen molar-refractivity contribution >= 4 is 18.0 Å². The fourth-order valence-corrected chi connectivity index (χ4v) is 5.65. The summed E-state index contributed by atoms with van der Waals surface area (Å²) in [7, 11) is 0. The quantitative estimate of drug-likeness (QED) is 0.253. The Morgan fingerprint density at radius 2 is 1.84 bits per heavy atom. The van der Waals surface area contributed by atoms with E-state index in [1.165, 1.54) is 44.6 Å². The van der Waals surface area contributed by atoms with Crippen molar-refractivity contribution in [3.8, 4) is 0 Å². The summed E-state index contributed by atoms with van der Waals surface area (Å²) in [6.45, 7) is 0.605. The zero-order valence-corrected chi connectivity index (χ0v) is 18.1. The molecule has 168 valence electrons. The molecule has 0 radical (unpaired) electrons. The molecule has 0 aromatic heterocycles. The van der Waals surface area contributed by atoms with Crippen LogP contribution in [0.15, 0.2) is 30.3 Å². The fourth-order valence-electron chi connectivity index (χ4n) is 5.65. The Balaban J connectivity index is 1.36. The molecule has 3 saturated carbocycles. The van der Waals surface area contributed by atoms with Crippen LogP contribution in [0, 0.1) is 17.8 Å². The Kier molecular flexibility index (Phi) is 7.41. The smallest absolute Gasteiger partial charge is 0.323 e. The van der Waals surface area contributed by atoms with Gasteiger partial charge in [0.05, 0.1) is 0 Å². The van der Waals surface area contributed by atoms with Gasteiger partial charge in [0.15, 0.2) is 0 Å². The van der Waals surface area contributed by atoms with Crippen molar-refractivity contribution in [2.45, 2.75) is 76.5 Å². The summed E-state index contributed by atoms with van der Waals surface area (Å²) in [5, 5.41) is 12.1. The normalized spacial score (nSPS) is 26.8. The zero-order chi connectivity index (χ0) is 21.6. The molecule has 3 aliphatic carbocycles. The van der Waals surface area contributed by atoms with E-state index in [-0.39, 0.29) is 18.1 Å². The van der Waals surface area contributed by atoms with Crippen molar-refractivity contribution in [2.24, 2.45) is 17.8 Å². The van der Waals surface area contributed by atoms with Gasteiger partial charge in [0.1, 0.15) is 12.1 Å². The number of ether oxygens (including phenoxy) is 1. The molecule has 0 heterocycles. The molecule has 3 N–H and O–H groups in total. The molecule has 6 heteroatoms. The van der Waals surface area contributed by atoms with Gasteiger partial charge in [-0.2, -0.15) is 0 Å². The second-order valence-electron chi connectivity index (χ2n) is 9.46. The Morgan fingerprint density at radius 1 is 1.06 bits per heavy atom. The van der Waals surface area contributed by atoms with E-state index in [1.807, 2.05) is 24.3 Å². The molecule has 3 unspecified atom stereocenters. The average molecular weight is 427 g/mol. The number of fused-ring (bicyclic) bond motifs is 2. The third-order valence-corrected chi connectivity index (χ3v) is 7.36. The number of carbonyl (C=O) groups excluding carboxylic acids is 2. The number of esters is 1. The molecule has 4 atom stereocenters. The summed E-state index contributed by atoms with van der Waals surface area (Å²) < 4.78 is 6.06. The lowest BCUT2D eigenvalue weighted by Crippen LogP contribution is -2.46. The van der Waals surface area contributed by atoms with Gasteiger partial charge in [0, 0.05) is 12.6 Å². The lowest BCUT2D eigenvalue weighted by atomic mass is 9.83. The molecule has 0 saturated heterocycles. The van der Waals surface area contributed by atoms with Crippen LogP contribution in [-0.2, 0) is 20.9 Å². The molecule has 1 amide bonds. The topological polar surface area (TPSA) is 87.7 Å². The predicted molar refractivity (Wildman–Crippen MR) is 118 cm³/mol. The molecule has 1 aromatic carbocycles. The predicted octanol–water partition coefficient (Wildman–Crippen LogP) is 3.98. The minimum Gasteiger partial charge on any atom is -0.461 e. The first-order chi connectivity index (χ1) is 15.1. The number of hydrogen-bond acceptors (Lipinski definition) is 5. The SMILES string of the molecule is O=C(C=Cc1ccc(CN[C@H](C(=O)OC2CC3CCC2C3)C2CCCCC2)cc1)NO. The molecule has 0 spiro atoms. The van der Waals surface area contributed by atoms with Crippen molar-refractivity contribution in [2.75, 3.05) is 0 Å². The van der Waals surface area contributed by atoms with Crippen molar-refractivity contribution in [1.29, 1.82) is 0 Å². The first-order valence-electron chi connectivity index (χ1n) is 11.8. The van der Waals surface area contributed by atoms with Crippen molar-refractivity contribution < 1.29 is 19.5 Å². The molecule has 3 fully saturated rings. The standard InChI is InChI=1S/C25H34N2O4/c28-23(27-30)13-11-17-6-8-18(9-7-17)16-26-24(20-4-2-1-3-5-20)25(29)31-22-15-19-10-12-21(22)14-19/h6-9,11,13,19-22,24,26,30H,1-5,10,12,14-16H2,(H,27,28)/t19?,21?,22?,24-/m0/s1. The van der Waals surface area contributed by atoms with Gasteiger partial charge in [0.2, 0.25) is 0 Å². The summed E-state index contributed by atoms with van der Waals surface area (Å²) in [5.74, 6) is 1.07. The summed E-state index contributed by atoms with van der Waals surface area (Å²) in [6.07, 6.45) is 13.6. The van der Waals surface area contributed by atoms with Crippen LogP contribution in [0.4, 0.5) is 0 Å². The van der Waals surface area contributed by atoms with E-state index in [2.05, 4.69) is 5.32 Å². The Morgan fingerprint density at radius 3 is 2.48 bits per heavy atom. The first-order valence-corrected chi connectivity index (χ1v) is 11.8. The lowest BCUT2D eigenvalue weighted by molar-refractivity contribution is -0.156. The van der Waals surface area contributed by atoms with Gasteiger partial charge < -0.3 is 10.1 Å². The number of benzene rings is 1. The van der Waals surface area contributed by atoms with Gasteiger partial charge in [-0.25, -0.2) is 5.48 Å². The second kappa shape index (κ2) is 10.4.